The van der Waals surface area contributed by atoms with Crippen LogP contribution < -0.4 is 0 Å². The molecule has 0 radical (unpaired) electrons. The van der Waals surface area contributed by atoms with Gasteiger partial charge in [0.1, 0.15) is 5.78 Å². The first-order valence-electron chi connectivity index (χ1n) is 4.75. The molecule has 1 nitrogen and oxygen atoms in total. The monoisotopic (exact) mass is 156 g/mol. The summed E-state index contributed by atoms with van der Waals surface area (Å²) in [6.07, 6.45) is 5.51. The molecule has 0 saturated heterocycles. The Morgan fingerprint density at radius 2 is 1.91 bits per heavy atom. The lowest BCUT2D eigenvalue weighted by molar-refractivity contribution is -0.122. The van der Waals surface area contributed by atoms with Crippen molar-refractivity contribution in [1.82, 2.24) is 0 Å². The van der Waals surface area contributed by atoms with Crippen molar-refractivity contribution < 1.29 is 4.79 Å². The van der Waals surface area contributed by atoms with Crippen LogP contribution >= 0.6 is 0 Å². The third kappa shape index (κ3) is 5.00. The van der Waals surface area contributed by atoms with Crippen molar-refractivity contribution in [2.75, 3.05) is 0 Å². The fourth-order valence-electron chi connectivity index (χ4n) is 1.21. The van der Waals surface area contributed by atoms with Crippen molar-refractivity contribution in [3.8, 4) is 0 Å². The van der Waals surface area contributed by atoms with Crippen LogP contribution in [0.4, 0.5) is 0 Å². The molecule has 0 unspecified atom stereocenters. The Hall–Kier alpha value is -0.330. The van der Waals surface area contributed by atoms with Gasteiger partial charge in [0.25, 0.3) is 0 Å². The highest BCUT2D eigenvalue weighted by atomic mass is 16.1. The number of carbonyl (C=O) groups excluding carboxylic acids is 1. The van der Waals surface area contributed by atoms with Gasteiger partial charge in [0, 0.05) is 12.3 Å². The second-order valence-electron chi connectivity index (χ2n) is 3.22. The maximum atomic E-state index is 11.1. The van der Waals surface area contributed by atoms with E-state index < -0.39 is 0 Å². The van der Waals surface area contributed by atoms with Crippen molar-refractivity contribution in [2.24, 2.45) is 5.92 Å². The van der Waals surface area contributed by atoms with Crippen LogP contribution in [0.1, 0.15) is 52.9 Å². The molecule has 0 spiro atoms. The van der Waals surface area contributed by atoms with Gasteiger partial charge in [-0.2, -0.15) is 0 Å². The van der Waals surface area contributed by atoms with Crippen LogP contribution in [-0.4, -0.2) is 5.78 Å². The maximum Gasteiger partial charge on any atom is 0.135 e. The molecule has 0 rings (SSSR count). The second kappa shape index (κ2) is 6.38. The Kier molecular flexibility index (Phi) is 6.19. The van der Waals surface area contributed by atoms with E-state index >= 15 is 0 Å². The highest BCUT2D eigenvalue weighted by Crippen LogP contribution is 2.11. The lowest BCUT2D eigenvalue weighted by Crippen LogP contribution is -2.08. The summed E-state index contributed by atoms with van der Waals surface area (Å²) in [5, 5.41) is 0. The largest absolute Gasteiger partial charge is 0.299 e. The molecule has 0 bridgehead atoms. The molecule has 66 valence electrons. The third-order valence-electron chi connectivity index (χ3n) is 2.14. The van der Waals surface area contributed by atoms with E-state index in [2.05, 4.69) is 6.92 Å². The summed E-state index contributed by atoms with van der Waals surface area (Å²) < 4.78 is 0. The van der Waals surface area contributed by atoms with Crippen molar-refractivity contribution >= 4 is 5.78 Å². The summed E-state index contributed by atoms with van der Waals surface area (Å²) in [5.41, 5.74) is 0. The zero-order valence-corrected chi connectivity index (χ0v) is 8.02. The quantitative estimate of drug-likeness (QED) is 0.540. The van der Waals surface area contributed by atoms with Crippen molar-refractivity contribution in [1.29, 1.82) is 0 Å². The average molecular weight is 156 g/mol. The second-order valence-corrected chi connectivity index (χ2v) is 3.22. The molecule has 0 aromatic carbocycles. The molecule has 0 heterocycles. The molecule has 0 saturated carbocycles. The number of hydrogen-bond donors (Lipinski definition) is 0. The average Bonchev–Trinajstić information content (AvgIpc) is 2.03. The number of ketones is 1. The van der Waals surface area contributed by atoms with E-state index in [0.29, 0.717) is 18.1 Å². The van der Waals surface area contributed by atoms with Crippen molar-refractivity contribution in [2.45, 2.75) is 52.9 Å². The smallest absolute Gasteiger partial charge is 0.135 e. The van der Waals surface area contributed by atoms with Crippen LogP contribution in [-0.2, 0) is 4.79 Å². The summed E-state index contributed by atoms with van der Waals surface area (Å²) in [6.45, 7) is 6.17. The van der Waals surface area contributed by atoms with Crippen LogP contribution in [0.25, 0.3) is 0 Å². The van der Waals surface area contributed by atoms with E-state index in [1.165, 1.54) is 19.3 Å². The predicted octanol–water partition coefficient (Wildman–Crippen LogP) is 3.18. The summed E-state index contributed by atoms with van der Waals surface area (Å²) in [7, 11) is 0. The highest BCUT2D eigenvalue weighted by molar-refractivity contribution is 5.80. The predicted molar refractivity (Wildman–Crippen MR) is 48.6 cm³/mol. The summed E-state index contributed by atoms with van der Waals surface area (Å²) >= 11 is 0. The Bertz CT molecular complexity index is 107. The van der Waals surface area contributed by atoms with Crippen LogP contribution in [0.15, 0.2) is 0 Å². The van der Waals surface area contributed by atoms with Gasteiger partial charge in [-0.25, -0.2) is 0 Å². The van der Waals surface area contributed by atoms with Gasteiger partial charge in [-0.3, -0.25) is 4.79 Å². The fraction of sp³-hybridized carbons (Fsp3) is 0.900. The Labute approximate surface area is 70.2 Å². The zero-order valence-electron chi connectivity index (χ0n) is 8.02. The Morgan fingerprint density at radius 3 is 2.36 bits per heavy atom. The molecule has 0 fully saturated rings. The van der Waals surface area contributed by atoms with Crippen LogP contribution in [0.3, 0.4) is 0 Å². The number of carbonyl (C=O) groups is 1. The molecule has 0 aromatic heterocycles. The van der Waals surface area contributed by atoms with Crippen LogP contribution in [0.2, 0.25) is 0 Å². The van der Waals surface area contributed by atoms with Crippen LogP contribution in [0, 0.1) is 5.92 Å². The van der Waals surface area contributed by atoms with Gasteiger partial charge in [0.2, 0.25) is 0 Å². The molecule has 0 N–H and O–H groups in total. The summed E-state index contributed by atoms with van der Waals surface area (Å²) in [5.74, 6) is 0.715. The minimum absolute atomic E-state index is 0.298. The summed E-state index contributed by atoms with van der Waals surface area (Å²) in [4.78, 5) is 11.1. The number of Topliss-reactive ketones (excluding diaryl/α,β-unsaturated/α-hetero) is 1. The molecule has 1 heteroatoms. The first-order valence-corrected chi connectivity index (χ1v) is 4.75. The van der Waals surface area contributed by atoms with Gasteiger partial charge in [0.05, 0.1) is 0 Å². The number of hydrogen-bond acceptors (Lipinski definition) is 1. The maximum absolute atomic E-state index is 11.1. The van der Waals surface area contributed by atoms with Gasteiger partial charge in [0.15, 0.2) is 0 Å². The van der Waals surface area contributed by atoms with Gasteiger partial charge >= 0.3 is 0 Å². The summed E-state index contributed by atoms with van der Waals surface area (Å²) in [6, 6.07) is 0. The van der Waals surface area contributed by atoms with Gasteiger partial charge < -0.3 is 0 Å². The molecule has 1 atom stereocenters. The molecular formula is C10H20O. The Morgan fingerprint density at radius 1 is 1.27 bits per heavy atom. The van der Waals surface area contributed by atoms with E-state index in [9.17, 15) is 4.79 Å². The number of rotatable bonds is 6. The van der Waals surface area contributed by atoms with Crippen molar-refractivity contribution in [3.63, 3.8) is 0 Å². The van der Waals surface area contributed by atoms with Gasteiger partial charge in [-0.05, 0) is 6.42 Å². The van der Waals surface area contributed by atoms with Crippen LogP contribution in [0.5, 0.6) is 0 Å². The van der Waals surface area contributed by atoms with E-state index in [1.54, 1.807) is 0 Å². The topological polar surface area (TPSA) is 17.1 Å². The van der Waals surface area contributed by atoms with E-state index in [1.807, 2.05) is 13.8 Å². The molecule has 11 heavy (non-hydrogen) atoms. The van der Waals surface area contributed by atoms with Crippen molar-refractivity contribution in [3.05, 3.63) is 0 Å². The minimum Gasteiger partial charge on any atom is -0.299 e. The molecular weight excluding hydrogens is 136 g/mol. The number of unbranched alkanes of at least 4 members (excludes halogenated alkanes) is 2. The molecule has 0 amide bonds. The molecule has 0 aliphatic rings. The SMILES string of the molecule is CCCCC[C@@H](C)C(=O)CC. The first kappa shape index (κ1) is 10.7. The minimum atomic E-state index is 0.298. The molecule has 0 aromatic rings. The third-order valence-corrected chi connectivity index (χ3v) is 2.14. The fourth-order valence-corrected chi connectivity index (χ4v) is 1.21. The molecule has 0 aliphatic carbocycles. The van der Waals surface area contributed by atoms with E-state index in [0.717, 1.165) is 6.42 Å². The van der Waals surface area contributed by atoms with E-state index in [-0.39, 0.29) is 0 Å². The van der Waals surface area contributed by atoms with Gasteiger partial charge in [-0.15, -0.1) is 0 Å². The highest BCUT2D eigenvalue weighted by Gasteiger charge is 2.08. The Balaban J connectivity index is 3.36. The van der Waals surface area contributed by atoms with Gasteiger partial charge in [-0.1, -0.05) is 40.0 Å². The van der Waals surface area contributed by atoms with E-state index in [4.69, 9.17) is 0 Å². The normalized spacial score (nSPS) is 13.0. The molecule has 0 aliphatic heterocycles. The zero-order chi connectivity index (χ0) is 8.69. The lowest BCUT2D eigenvalue weighted by Gasteiger charge is -2.07. The standard InChI is InChI=1S/C10H20O/c1-4-6-7-8-9(3)10(11)5-2/h9H,4-8H2,1-3H3/t9-/m1/s1. The first-order chi connectivity index (χ1) is 5.22. The lowest BCUT2D eigenvalue weighted by atomic mass is 9.97.